The lowest BCUT2D eigenvalue weighted by molar-refractivity contribution is -0.193. The van der Waals surface area contributed by atoms with Gasteiger partial charge < -0.3 is 10.6 Å². The van der Waals surface area contributed by atoms with Crippen molar-refractivity contribution in [3.05, 3.63) is 0 Å². The summed E-state index contributed by atoms with van der Waals surface area (Å²) in [5.74, 6) is -0.412. The third-order valence-electron chi connectivity index (χ3n) is 2.75. The zero-order valence-corrected chi connectivity index (χ0v) is 10.9. The van der Waals surface area contributed by atoms with E-state index in [9.17, 15) is 18.0 Å². The highest BCUT2D eigenvalue weighted by molar-refractivity contribution is 8.00. The van der Waals surface area contributed by atoms with E-state index in [4.69, 9.17) is 5.73 Å². The van der Waals surface area contributed by atoms with E-state index in [0.717, 1.165) is 6.92 Å². The number of carbonyl (C=O) groups is 1. The Morgan fingerprint density at radius 3 is 2.35 bits per heavy atom. The molecule has 1 aliphatic rings. The molecule has 100 valence electrons. The van der Waals surface area contributed by atoms with Crippen molar-refractivity contribution in [2.24, 2.45) is 5.73 Å². The van der Waals surface area contributed by atoms with Gasteiger partial charge >= 0.3 is 6.18 Å². The van der Waals surface area contributed by atoms with E-state index in [-0.39, 0.29) is 4.75 Å². The molecule has 1 saturated heterocycles. The lowest BCUT2D eigenvalue weighted by Gasteiger charge is -2.41. The molecule has 0 bridgehead atoms. The number of hydrogen-bond acceptors (Lipinski definition) is 3. The van der Waals surface area contributed by atoms with Crippen LogP contribution in [0.2, 0.25) is 0 Å². The smallest absolute Gasteiger partial charge is 0.339 e. The second kappa shape index (κ2) is 4.35. The van der Waals surface area contributed by atoms with E-state index in [1.807, 2.05) is 13.8 Å². The van der Waals surface area contributed by atoms with E-state index >= 15 is 0 Å². The lowest BCUT2D eigenvalue weighted by atomic mass is 10.0. The van der Waals surface area contributed by atoms with Crippen LogP contribution in [0.25, 0.3) is 0 Å². The maximum atomic E-state index is 12.7. The molecule has 0 spiro atoms. The van der Waals surface area contributed by atoms with Crippen molar-refractivity contribution in [3.63, 3.8) is 0 Å². The number of nitrogens with two attached hydrogens (primary N) is 1. The van der Waals surface area contributed by atoms with Crippen LogP contribution >= 0.6 is 11.8 Å². The van der Waals surface area contributed by atoms with E-state index in [2.05, 4.69) is 0 Å². The number of hydrogen-bond donors (Lipinski definition) is 1. The van der Waals surface area contributed by atoms with Gasteiger partial charge in [0.25, 0.3) is 5.91 Å². The van der Waals surface area contributed by atoms with Gasteiger partial charge in [-0.1, -0.05) is 0 Å². The molecule has 1 aliphatic heterocycles. The summed E-state index contributed by atoms with van der Waals surface area (Å²) in [5.41, 5.74) is 2.33. The van der Waals surface area contributed by atoms with Crippen molar-refractivity contribution in [2.45, 2.75) is 37.2 Å². The van der Waals surface area contributed by atoms with Crippen LogP contribution in [0.3, 0.4) is 0 Å². The molecule has 1 atom stereocenters. The van der Waals surface area contributed by atoms with Crippen LogP contribution in [-0.2, 0) is 4.79 Å². The molecular weight excluding hydrogens is 253 g/mol. The Labute approximate surface area is 103 Å². The fourth-order valence-electron chi connectivity index (χ4n) is 1.64. The largest absolute Gasteiger partial charge is 0.415 e. The molecule has 0 aromatic rings. The minimum Gasteiger partial charge on any atom is -0.339 e. The minimum atomic E-state index is -4.72. The first-order chi connectivity index (χ1) is 7.47. The van der Waals surface area contributed by atoms with Gasteiger partial charge in [-0.05, 0) is 20.8 Å². The average molecular weight is 270 g/mol. The third-order valence-corrected chi connectivity index (χ3v) is 4.04. The Balaban J connectivity index is 2.84. The van der Waals surface area contributed by atoms with Crippen LogP contribution < -0.4 is 5.73 Å². The van der Waals surface area contributed by atoms with Gasteiger partial charge in [0.15, 0.2) is 5.54 Å². The molecule has 7 heteroatoms. The molecule has 0 aliphatic carbocycles. The Bertz CT molecular complexity index is 315. The second-order valence-corrected chi connectivity index (χ2v) is 6.84. The van der Waals surface area contributed by atoms with Crippen molar-refractivity contribution in [1.29, 1.82) is 0 Å². The number of halogens is 3. The number of alkyl halides is 3. The highest BCUT2D eigenvalue weighted by Crippen LogP contribution is 2.34. The molecule has 1 heterocycles. The van der Waals surface area contributed by atoms with Gasteiger partial charge in [-0.25, -0.2) is 0 Å². The second-order valence-electron chi connectivity index (χ2n) is 5.03. The standard InChI is InChI=1S/C10H17F3N2OS/c1-8(2)6-15(4-5-17-8)7(16)9(3,14)10(11,12)13/h4-6,14H2,1-3H3. The van der Waals surface area contributed by atoms with Gasteiger partial charge in [-0.2, -0.15) is 24.9 Å². The summed E-state index contributed by atoms with van der Waals surface area (Å²) >= 11 is 1.64. The van der Waals surface area contributed by atoms with Crippen molar-refractivity contribution >= 4 is 17.7 Å². The van der Waals surface area contributed by atoms with Crippen molar-refractivity contribution in [3.8, 4) is 0 Å². The Morgan fingerprint density at radius 1 is 1.41 bits per heavy atom. The van der Waals surface area contributed by atoms with Crippen molar-refractivity contribution in [2.75, 3.05) is 18.8 Å². The van der Waals surface area contributed by atoms with Crippen LogP contribution in [-0.4, -0.2) is 46.1 Å². The number of thioether (sulfide) groups is 1. The van der Waals surface area contributed by atoms with Gasteiger partial charge in [-0.15, -0.1) is 0 Å². The predicted molar refractivity (Wildman–Crippen MR) is 61.8 cm³/mol. The van der Waals surface area contributed by atoms with Crippen LogP contribution in [0.1, 0.15) is 20.8 Å². The topological polar surface area (TPSA) is 46.3 Å². The molecule has 1 unspecified atom stereocenters. The van der Waals surface area contributed by atoms with E-state index in [1.54, 1.807) is 11.8 Å². The highest BCUT2D eigenvalue weighted by Gasteiger charge is 2.55. The molecule has 3 nitrogen and oxygen atoms in total. The molecule has 0 aromatic carbocycles. The van der Waals surface area contributed by atoms with Gasteiger partial charge in [0, 0.05) is 23.6 Å². The Morgan fingerprint density at radius 2 is 1.94 bits per heavy atom. The quantitative estimate of drug-likeness (QED) is 0.787. The van der Waals surface area contributed by atoms with Crippen molar-refractivity contribution < 1.29 is 18.0 Å². The van der Waals surface area contributed by atoms with Crippen molar-refractivity contribution in [1.82, 2.24) is 4.90 Å². The third kappa shape index (κ3) is 3.07. The fourth-order valence-corrected chi connectivity index (χ4v) is 2.75. The van der Waals surface area contributed by atoms with E-state index in [1.165, 1.54) is 4.90 Å². The maximum Gasteiger partial charge on any atom is 0.415 e. The van der Waals surface area contributed by atoms with Crippen LogP contribution in [0.5, 0.6) is 0 Å². The summed E-state index contributed by atoms with van der Waals surface area (Å²) in [6, 6.07) is 0. The van der Waals surface area contributed by atoms with E-state index < -0.39 is 17.6 Å². The zero-order valence-electron chi connectivity index (χ0n) is 10.1. The number of nitrogens with zero attached hydrogens (tertiary/aromatic N) is 1. The molecule has 17 heavy (non-hydrogen) atoms. The molecule has 0 saturated carbocycles. The first-order valence-corrected chi connectivity index (χ1v) is 6.25. The van der Waals surface area contributed by atoms with Crippen LogP contribution in [0.15, 0.2) is 0 Å². The van der Waals surface area contributed by atoms with Gasteiger partial charge in [0.2, 0.25) is 0 Å². The first-order valence-electron chi connectivity index (χ1n) is 5.26. The normalized spacial score (nSPS) is 24.3. The minimum absolute atomic E-state index is 0.227. The highest BCUT2D eigenvalue weighted by atomic mass is 32.2. The van der Waals surface area contributed by atoms with Crippen LogP contribution in [0, 0.1) is 0 Å². The summed E-state index contributed by atoms with van der Waals surface area (Å²) < 4.78 is 37.7. The summed E-state index contributed by atoms with van der Waals surface area (Å²) in [5, 5.41) is 0. The summed E-state index contributed by atoms with van der Waals surface area (Å²) in [7, 11) is 0. The number of carbonyl (C=O) groups excluding carboxylic acids is 1. The summed E-state index contributed by atoms with van der Waals surface area (Å²) in [4.78, 5) is 13.0. The Kier molecular flexibility index (Phi) is 3.74. The molecule has 2 N–H and O–H groups in total. The molecule has 0 aromatic heterocycles. The lowest BCUT2D eigenvalue weighted by Crippen LogP contribution is -2.64. The van der Waals surface area contributed by atoms with E-state index in [0.29, 0.717) is 18.8 Å². The fraction of sp³-hybridized carbons (Fsp3) is 0.900. The molecular formula is C10H17F3N2OS. The zero-order chi connectivity index (χ0) is 13.5. The van der Waals surface area contributed by atoms with Gasteiger partial charge in [0.1, 0.15) is 0 Å². The van der Waals surface area contributed by atoms with Crippen LogP contribution in [0.4, 0.5) is 13.2 Å². The molecule has 1 amide bonds. The molecule has 1 fully saturated rings. The predicted octanol–water partition coefficient (Wildman–Crippen LogP) is 1.62. The molecule has 0 radical (unpaired) electrons. The SMILES string of the molecule is CC1(C)CN(C(=O)C(C)(N)C(F)(F)F)CCS1. The Hall–Kier alpha value is -0.430. The number of amides is 1. The molecule has 1 rings (SSSR count). The average Bonchev–Trinajstić information content (AvgIpc) is 2.13. The van der Waals surface area contributed by atoms with Gasteiger partial charge in [-0.3, -0.25) is 4.79 Å². The summed E-state index contributed by atoms with van der Waals surface area (Å²) in [6.45, 7) is 5.14. The number of rotatable bonds is 1. The maximum absolute atomic E-state index is 12.7. The monoisotopic (exact) mass is 270 g/mol. The van der Waals surface area contributed by atoms with Gasteiger partial charge in [0.05, 0.1) is 0 Å². The first kappa shape index (κ1) is 14.6. The summed E-state index contributed by atoms with van der Waals surface area (Å²) in [6.07, 6.45) is -4.72.